The Morgan fingerprint density at radius 2 is 1.50 bits per heavy atom. The molecule has 0 nitrogen and oxygen atoms in total. The lowest BCUT2D eigenvalue weighted by molar-refractivity contribution is 1.44. The lowest BCUT2D eigenvalue weighted by Gasteiger charge is -1.95. The van der Waals surface area contributed by atoms with E-state index < -0.39 is 0 Å². The lowest BCUT2D eigenvalue weighted by Crippen LogP contribution is -1.81. The first-order valence-corrected chi connectivity index (χ1v) is 5.90. The van der Waals surface area contributed by atoms with E-state index in [4.69, 9.17) is 0 Å². The van der Waals surface area contributed by atoms with Crippen molar-refractivity contribution in [2.75, 3.05) is 0 Å². The maximum absolute atomic E-state index is 3.20. The second kappa shape index (κ2) is 5.76. The smallest absolute Gasteiger partial charge is 0.0278 e. The molecule has 0 aromatic heterocycles. The van der Waals surface area contributed by atoms with E-state index in [1.165, 1.54) is 5.56 Å². The molecular weight excluding hydrogens is 216 g/mol. The standard InChI is InChI=1S/C18H14/c1-3-7-16-9-6-10-17(14-16)12-13-18-11-5-4-8-15(18)2/h4-6,8-11,14H,1-2H3. The van der Waals surface area contributed by atoms with Gasteiger partial charge in [-0.3, -0.25) is 0 Å². The molecule has 0 saturated heterocycles. The highest BCUT2D eigenvalue weighted by Gasteiger charge is 1.92. The van der Waals surface area contributed by atoms with E-state index in [0.717, 1.165) is 16.7 Å². The van der Waals surface area contributed by atoms with Crippen molar-refractivity contribution < 1.29 is 0 Å². The molecule has 0 aliphatic carbocycles. The Labute approximate surface area is 109 Å². The molecule has 18 heavy (non-hydrogen) atoms. The van der Waals surface area contributed by atoms with Crippen LogP contribution >= 0.6 is 0 Å². The number of hydrogen-bond donors (Lipinski definition) is 0. The zero-order valence-electron chi connectivity index (χ0n) is 10.6. The maximum Gasteiger partial charge on any atom is 0.0278 e. The summed E-state index contributed by atoms with van der Waals surface area (Å²) >= 11 is 0. The minimum Gasteiger partial charge on any atom is -0.101 e. The van der Waals surface area contributed by atoms with Crippen LogP contribution in [0, 0.1) is 30.6 Å². The number of benzene rings is 2. The highest BCUT2D eigenvalue weighted by molar-refractivity contribution is 5.48. The van der Waals surface area contributed by atoms with Crippen molar-refractivity contribution in [1.82, 2.24) is 0 Å². The van der Waals surface area contributed by atoms with Gasteiger partial charge in [0.15, 0.2) is 0 Å². The van der Waals surface area contributed by atoms with Gasteiger partial charge in [0.05, 0.1) is 0 Å². The van der Waals surface area contributed by atoms with E-state index in [1.54, 1.807) is 0 Å². The summed E-state index contributed by atoms with van der Waals surface area (Å²) in [5.41, 5.74) is 4.28. The molecule has 0 aliphatic heterocycles. The van der Waals surface area contributed by atoms with Crippen LogP contribution in [0.1, 0.15) is 29.2 Å². The minimum atomic E-state index is 0.999. The zero-order chi connectivity index (χ0) is 12.8. The number of rotatable bonds is 0. The third kappa shape index (κ3) is 3.03. The minimum absolute atomic E-state index is 0.999. The van der Waals surface area contributed by atoms with Crippen LogP contribution < -0.4 is 0 Å². The largest absolute Gasteiger partial charge is 0.101 e. The van der Waals surface area contributed by atoms with Crippen LogP contribution in [0.25, 0.3) is 0 Å². The molecule has 2 aromatic carbocycles. The van der Waals surface area contributed by atoms with E-state index in [1.807, 2.05) is 49.4 Å². The maximum atomic E-state index is 3.20. The van der Waals surface area contributed by atoms with Crippen LogP contribution in [0.4, 0.5) is 0 Å². The molecule has 0 spiro atoms. The van der Waals surface area contributed by atoms with E-state index in [2.05, 4.69) is 36.7 Å². The Morgan fingerprint density at radius 1 is 0.778 bits per heavy atom. The summed E-state index contributed by atoms with van der Waals surface area (Å²) in [5, 5.41) is 0. The summed E-state index contributed by atoms with van der Waals surface area (Å²) in [6, 6.07) is 16.2. The normalized spacial score (nSPS) is 8.78. The van der Waals surface area contributed by atoms with Crippen molar-refractivity contribution in [2.24, 2.45) is 0 Å². The average Bonchev–Trinajstić information content (AvgIpc) is 2.39. The summed E-state index contributed by atoms with van der Waals surface area (Å²) in [6.07, 6.45) is 0. The van der Waals surface area contributed by atoms with Gasteiger partial charge in [0.25, 0.3) is 0 Å². The molecule has 0 radical (unpaired) electrons. The molecule has 2 rings (SSSR count). The van der Waals surface area contributed by atoms with E-state index in [0.29, 0.717) is 0 Å². The quantitative estimate of drug-likeness (QED) is 0.604. The third-order valence-corrected chi connectivity index (χ3v) is 2.62. The molecule has 0 heteroatoms. The molecule has 0 fully saturated rings. The molecule has 0 bridgehead atoms. The topological polar surface area (TPSA) is 0 Å². The zero-order valence-corrected chi connectivity index (χ0v) is 10.6. The molecule has 2 aromatic rings. The van der Waals surface area contributed by atoms with Gasteiger partial charge in [-0.05, 0) is 43.7 Å². The second-order valence-electron chi connectivity index (χ2n) is 4.02. The fourth-order valence-corrected chi connectivity index (χ4v) is 1.67. The molecule has 0 N–H and O–H groups in total. The fourth-order valence-electron chi connectivity index (χ4n) is 1.67. The first-order chi connectivity index (χ1) is 8.79. The molecule has 0 amide bonds. The highest BCUT2D eigenvalue weighted by atomic mass is 14.0. The monoisotopic (exact) mass is 230 g/mol. The number of hydrogen-bond acceptors (Lipinski definition) is 0. The number of aryl methyl sites for hydroxylation is 1. The second-order valence-corrected chi connectivity index (χ2v) is 4.02. The van der Waals surface area contributed by atoms with Gasteiger partial charge in [0.2, 0.25) is 0 Å². The van der Waals surface area contributed by atoms with Crippen LogP contribution in [0.2, 0.25) is 0 Å². The molecule has 0 heterocycles. The van der Waals surface area contributed by atoms with E-state index in [-0.39, 0.29) is 0 Å². The summed E-state index contributed by atoms with van der Waals surface area (Å²) in [5.74, 6) is 12.3. The molecule has 86 valence electrons. The molecular formula is C18H14. The van der Waals surface area contributed by atoms with E-state index in [9.17, 15) is 0 Å². The molecule has 0 unspecified atom stereocenters. The van der Waals surface area contributed by atoms with Crippen LogP contribution in [0.5, 0.6) is 0 Å². The van der Waals surface area contributed by atoms with Gasteiger partial charge in [-0.25, -0.2) is 0 Å². The molecule has 0 saturated carbocycles. The Hall–Kier alpha value is -2.44. The molecule has 0 atom stereocenters. The highest BCUT2D eigenvalue weighted by Crippen LogP contribution is 2.06. The van der Waals surface area contributed by atoms with Gasteiger partial charge in [-0.1, -0.05) is 42.0 Å². The van der Waals surface area contributed by atoms with Gasteiger partial charge < -0.3 is 0 Å². The van der Waals surface area contributed by atoms with Crippen LogP contribution in [0.3, 0.4) is 0 Å². The van der Waals surface area contributed by atoms with Crippen molar-refractivity contribution in [2.45, 2.75) is 13.8 Å². The predicted octanol–water partition coefficient (Wildman–Crippen LogP) is 3.77. The van der Waals surface area contributed by atoms with E-state index >= 15 is 0 Å². The SMILES string of the molecule is CC#Cc1cccc(C#Cc2ccccc2C)c1. The van der Waals surface area contributed by atoms with Gasteiger partial charge in [-0.15, -0.1) is 5.92 Å². The van der Waals surface area contributed by atoms with Crippen molar-refractivity contribution in [3.63, 3.8) is 0 Å². The Kier molecular flexibility index (Phi) is 3.85. The van der Waals surface area contributed by atoms with Gasteiger partial charge in [-0.2, -0.15) is 0 Å². The van der Waals surface area contributed by atoms with Gasteiger partial charge in [0.1, 0.15) is 0 Å². The summed E-state index contributed by atoms with van der Waals surface area (Å²) in [6.45, 7) is 3.91. The van der Waals surface area contributed by atoms with Crippen molar-refractivity contribution in [3.05, 3.63) is 70.8 Å². The lowest BCUT2D eigenvalue weighted by atomic mass is 10.1. The van der Waals surface area contributed by atoms with Gasteiger partial charge in [0, 0.05) is 16.7 Å². The Morgan fingerprint density at radius 3 is 2.22 bits per heavy atom. The third-order valence-electron chi connectivity index (χ3n) is 2.62. The van der Waals surface area contributed by atoms with Crippen LogP contribution in [-0.2, 0) is 0 Å². The predicted molar refractivity (Wildman–Crippen MR) is 76.2 cm³/mol. The van der Waals surface area contributed by atoms with Crippen molar-refractivity contribution >= 4 is 0 Å². The summed E-state index contributed by atoms with van der Waals surface area (Å²) in [4.78, 5) is 0. The Balaban J connectivity index is 2.32. The van der Waals surface area contributed by atoms with Crippen molar-refractivity contribution in [3.8, 4) is 23.7 Å². The van der Waals surface area contributed by atoms with Crippen LogP contribution in [-0.4, -0.2) is 0 Å². The fraction of sp³-hybridized carbons (Fsp3) is 0.111. The van der Waals surface area contributed by atoms with Crippen LogP contribution in [0.15, 0.2) is 48.5 Å². The Bertz CT molecular complexity index is 670. The first kappa shape index (κ1) is 12.0. The average molecular weight is 230 g/mol. The molecule has 0 aliphatic rings. The van der Waals surface area contributed by atoms with Crippen molar-refractivity contribution in [1.29, 1.82) is 0 Å². The summed E-state index contributed by atoms with van der Waals surface area (Å²) < 4.78 is 0. The van der Waals surface area contributed by atoms with Gasteiger partial charge >= 0.3 is 0 Å². The first-order valence-electron chi connectivity index (χ1n) is 5.90. The summed E-state index contributed by atoms with van der Waals surface area (Å²) in [7, 11) is 0.